The Labute approximate surface area is 200 Å². The molecule has 3 heterocycles. The van der Waals surface area contributed by atoms with E-state index in [0.29, 0.717) is 48.1 Å². The average Bonchev–Trinajstić information content (AvgIpc) is 3.33. The predicted molar refractivity (Wildman–Crippen MR) is 133 cm³/mol. The summed E-state index contributed by atoms with van der Waals surface area (Å²) in [6.45, 7) is 1.81. The zero-order chi connectivity index (χ0) is 22.8. The highest BCUT2D eigenvalue weighted by molar-refractivity contribution is 7.17. The maximum absolute atomic E-state index is 13.3. The van der Waals surface area contributed by atoms with Gasteiger partial charge in [-0.2, -0.15) is 0 Å². The molecule has 1 saturated heterocycles. The minimum absolute atomic E-state index is 0.0565. The molecule has 0 bridgehead atoms. The Morgan fingerprint density at radius 1 is 1.06 bits per heavy atom. The van der Waals surface area contributed by atoms with E-state index >= 15 is 0 Å². The SMILES string of the molecule is O=C(NCc1ccc(Cl)cc1)C1CCN(c2nc3ccsc3c(=O)n2-c2ccccc2)CC1. The minimum Gasteiger partial charge on any atom is -0.352 e. The molecule has 0 radical (unpaired) electrons. The fourth-order valence-electron chi connectivity index (χ4n) is 4.20. The van der Waals surface area contributed by atoms with Crippen LogP contribution in [0.4, 0.5) is 5.95 Å². The number of piperidine rings is 1. The van der Waals surface area contributed by atoms with Crippen LogP contribution in [0.3, 0.4) is 0 Å². The number of carbonyl (C=O) groups excluding carboxylic acids is 1. The van der Waals surface area contributed by atoms with Crippen LogP contribution in [-0.2, 0) is 11.3 Å². The van der Waals surface area contributed by atoms with Crippen molar-refractivity contribution in [3.63, 3.8) is 0 Å². The number of para-hydroxylation sites is 1. The second-order valence-electron chi connectivity index (χ2n) is 8.13. The number of nitrogens with zero attached hydrogens (tertiary/aromatic N) is 3. The highest BCUT2D eigenvalue weighted by atomic mass is 35.5. The molecule has 1 aliphatic heterocycles. The number of hydrogen-bond donors (Lipinski definition) is 1. The number of carbonyl (C=O) groups is 1. The lowest BCUT2D eigenvalue weighted by Gasteiger charge is -2.33. The molecule has 1 amide bonds. The van der Waals surface area contributed by atoms with Crippen molar-refractivity contribution in [3.8, 4) is 5.69 Å². The summed E-state index contributed by atoms with van der Waals surface area (Å²) in [5.41, 5.74) is 2.47. The summed E-state index contributed by atoms with van der Waals surface area (Å²) in [5.74, 6) is 0.638. The van der Waals surface area contributed by atoms with Crippen LogP contribution in [0.15, 0.2) is 70.8 Å². The van der Waals surface area contributed by atoms with Crippen LogP contribution in [0, 0.1) is 5.92 Å². The molecule has 168 valence electrons. The molecule has 0 aliphatic carbocycles. The normalized spacial score (nSPS) is 14.5. The minimum atomic E-state index is -0.0599. The highest BCUT2D eigenvalue weighted by Crippen LogP contribution is 2.26. The fraction of sp³-hybridized carbons (Fsp3) is 0.240. The van der Waals surface area contributed by atoms with Gasteiger partial charge in [0.15, 0.2) is 0 Å². The second-order valence-corrected chi connectivity index (χ2v) is 9.48. The molecule has 0 spiro atoms. The molecular formula is C25H23ClN4O2S. The van der Waals surface area contributed by atoms with Crippen molar-refractivity contribution < 1.29 is 4.79 Å². The quantitative estimate of drug-likeness (QED) is 0.454. The molecule has 0 saturated carbocycles. The van der Waals surface area contributed by atoms with E-state index in [1.54, 1.807) is 4.57 Å². The van der Waals surface area contributed by atoms with Gasteiger partial charge in [-0.1, -0.05) is 41.9 Å². The molecule has 1 fully saturated rings. The van der Waals surface area contributed by atoms with Gasteiger partial charge in [0.1, 0.15) is 4.70 Å². The molecule has 2 aromatic heterocycles. The first-order chi connectivity index (χ1) is 16.1. The van der Waals surface area contributed by atoms with E-state index in [1.807, 2.05) is 66.0 Å². The molecule has 1 N–H and O–H groups in total. The summed E-state index contributed by atoms with van der Waals surface area (Å²) in [6.07, 6.45) is 1.41. The lowest BCUT2D eigenvalue weighted by atomic mass is 9.96. The van der Waals surface area contributed by atoms with Gasteiger partial charge >= 0.3 is 0 Å². The Morgan fingerprint density at radius 2 is 1.79 bits per heavy atom. The molecule has 0 atom stereocenters. The largest absolute Gasteiger partial charge is 0.352 e. The Balaban J connectivity index is 1.32. The van der Waals surface area contributed by atoms with Gasteiger partial charge in [0.05, 0.1) is 11.2 Å². The topological polar surface area (TPSA) is 67.2 Å². The van der Waals surface area contributed by atoms with Crippen molar-refractivity contribution in [2.24, 2.45) is 5.92 Å². The standard InChI is InChI=1S/C25H23ClN4O2S/c26-19-8-6-17(7-9-19)16-27-23(31)18-10-13-29(14-11-18)25-28-21-12-15-33-22(21)24(32)30(25)20-4-2-1-3-5-20/h1-9,12,15,18H,10-11,13-14,16H2,(H,27,31). The summed E-state index contributed by atoms with van der Waals surface area (Å²) >= 11 is 7.34. The van der Waals surface area contributed by atoms with E-state index in [4.69, 9.17) is 16.6 Å². The number of halogens is 1. The van der Waals surface area contributed by atoms with Gasteiger partial charge in [-0.3, -0.25) is 9.59 Å². The Kier molecular flexibility index (Phi) is 6.15. The van der Waals surface area contributed by atoms with Gasteiger partial charge < -0.3 is 10.2 Å². The zero-order valence-electron chi connectivity index (χ0n) is 17.9. The van der Waals surface area contributed by atoms with Crippen LogP contribution in [0.2, 0.25) is 5.02 Å². The Morgan fingerprint density at radius 3 is 2.52 bits per heavy atom. The van der Waals surface area contributed by atoms with Gasteiger partial charge in [-0.15, -0.1) is 11.3 Å². The third-order valence-corrected chi connectivity index (χ3v) is 7.15. The first kappa shape index (κ1) is 21.7. The van der Waals surface area contributed by atoms with Crippen molar-refractivity contribution >= 4 is 45.0 Å². The number of hydrogen-bond acceptors (Lipinski definition) is 5. The van der Waals surface area contributed by atoms with E-state index in [0.717, 1.165) is 16.8 Å². The van der Waals surface area contributed by atoms with Crippen LogP contribution in [-0.4, -0.2) is 28.5 Å². The highest BCUT2D eigenvalue weighted by Gasteiger charge is 2.28. The molecule has 33 heavy (non-hydrogen) atoms. The lowest BCUT2D eigenvalue weighted by molar-refractivity contribution is -0.125. The summed E-state index contributed by atoms with van der Waals surface area (Å²) in [4.78, 5) is 33.0. The lowest BCUT2D eigenvalue weighted by Crippen LogP contribution is -2.42. The van der Waals surface area contributed by atoms with Crippen LogP contribution >= 0.6 is 22.9 Å². The number of amides is 1. The molecule has 5 rings (SSSR count). The van der Waals surface area contributed by atoms with Gasteiger partial charge in [0.2, 0.25) is 11.9 Å². The van der Waals surface area contributed by atoms with Crippen molar-refractivity contribution in [3.05, 3.63) is 87.0 Å². The van der Waals surface area contributed by atoms with E-state index in [2.05, 4.69) is 10.2 Å². The van der Waals surface area contributed by atoms with Gasteiger partial charge in [-0.25, -0.2) is 9.55 Å². The first-order valence-corrected chi connectivity index (χ1v) is 12.2. The summed E-state index contributed by atoms with van der Waals surface area (Å²) in [6, 6.07) is 19.0. The van der Waals surface area contributed by atoms with Gasteiger partial charge in [0, 0.05) is 30.6 Å². The second kappa shape index (κ2) is 9.37. The van der Waals surface area contributed by atoms with Gasteiger partial charge in [-0.05, 0) is 54.1 Å². The third-order valence-electron chi connectivity index (χ3n) is 6.01. The Bertz CT molecular complexity index is 1330. The zero-order valence-corrected chi connectivity index (χ0v) is 19.5. The number of benzene rings is 2. The average molecular weight is 479 g/mol. The summed E-state index contributed by atoms with van der Waals surface area (Å²) in [5, 5.41) is 5.62. The summed E-state index contributed by atoms with van der Waals surface area (Å²) < 4.78 is 2.35. The number of fused-ring (bicyclic) bond motifs is 1. The van der Waals surface area contributed by atoms with Crippen LogP contribution in [0.5, 0.6) is 0 Å². The van der Waals surface area contributed by atoms with E-state index in [9.17, 15) is 9.59 Å². The van der Waals surface area contributed by atoms with Crippen molar-refractivity contribution in [2.75, 3.05) is 18.0 Å². The molecule has 1 aliphatic rings. The van der Waals surface area contributed by atoms with E-state index in [-0.39, 0.29) is 17.4 Å². The number of aromatic nitrogens is 2. The fourth-order valence-corrected chi connectivity index (χ4v) is 5.09. The Hall–Kier alpha value is -3.16. The third kappa shape index (κ3) is 4.51. The predicted octanol–water partition coefficient (Wildman–Crippen LogP) is 4.63. The number of thiophene rings is 1. The number of anilines is 1. The molecule has 4 aromatic rings. The van der Waals surface area contributed by atoms with Crippen molar-refractivity contribution in [1.82, 2.24) is 14.9 Å². The number of rotatable bonds is 5. The van der Waals surface area contributed by atoms with Crippen LogP contribution < -0.4 is 15.8 Å². The molecular weight excluding hydrogens is 456 g/mol. The van der Waals surface area contributed by atoms with Crippen LogP contribution in [0.1, 0.15) is 18.4 Å². The van der Waals surface area contributed by atoms with E-state index in [1.165, 1.54) is 11.3 Å². The maximum atomic E-state index is 13.3. The monoisotopic (exact) mass is 478 g/mol. The molecule has 2 aromatic carbocycles. The molecule has 8 heteroatoms. The maximum Gasteiger partial charge on any atom is 0.277 e. The van der Waals surface area contributed by atoms with E-state index < -0.39 is 0 Å². The number of nitrogens with one attached hydrogen (secondary N) is 1. The van der Waals surface area contributed by atoms with Crippen molar-refractivity contribution in [1.29, 1.82) is 0 Å². The molecule has 0 unspecified atom stereocenters. The van der Waals surface area contributed by atoms with Crippen LogP contribution in [0.25, 0.3) is 15.9 Å². The first-order valence-electron chi connectivity index (χ1n) is 10.9. The smallest absolute Gasteiger partial charge is 0.277 e. The van der Waals surface area contributed by atoms with Gasteiger partial charge in [0.25, 0.3) is 5.56 Å². The molecule has 6 nitrogen and oxygen atoms in total. The van der Waals surface area contributed by atoms with Crippen molar-refractivity contribution in [2.45, 2.75) is 19.4 Å². The summed E-state index contributed by atoms with van der Waals surface area (Å²) in [7, 11) is 0.